The Morgan fingerprint density at radius 1 is 0.263 bits per heavy atom. The fourth-order valence-corrected chi connectivity index (χ4v) is 8.19. The van der Waals surface area contributed by atoms with Gasteiger partial charge in [0.15, 0.2) is 6.10 Å². The highest BCUT2D eigenvalue weighted by atomic mass is 16.6. The molecule has 0 rings (SSSR count). The van der Waals surface area contributed by atoms with Gasteiger partial charge in [-0.05, 0) is 148 Å². The summed E-state index contributed by atoms with van der Waals surface area (Å²) in [4.78, 5) is 38.2. The number of hydrogen-bond donors (Lipinski definition) is 0. The standard InChI is InChI=1S/C74H116O6/c1-4-7-10-13-16-19-22-24-26-28-29-30-31-32-33-34-35-36-37-38-39-40-41-42-43-44-45-47-48-50-52-55-58-61-64-67-73(76)79-70-71(69-78-72(75)66-63-60-57-54-21-18-15-12-9-6-3)80-74(77)68-65-62-59-56-53-51-49-46-27-25-23-20-17-14-11-8-5-2/h7-8,10-12,15-17,19-20,24-27,29-30,32-33,35-36,38-39,41-42,44-45,49,51,71H,4-6,9,13-14,18,21-23,28,31,34,37,40,43,46-48,50,52-70H2,1-3H3/b10-7-,11-8-,15-12-,19-16-,20-17-,26-24-,27-25-,30-29-,33-32-,36-35-,39-38-,42-41-,45-44-,51-49-. The fraction of sp³-hybridized carbons (Fsp3) is 0.581. The third kappa shape index (κ3) is 63.6. The molecule has 1 atom stereocenters. The van der Waals surface area contributed by atoms with Gasteiger partial charge in [0.2, 0.25) is 0 Å². The highest BCUT2D eigenvalue weighted by Gasteiger charge is 2.19. The lowest BCUT2D eigenvalue weighted by atomic mass is 10.1. The lowest BCUT2D eigenvalue weighted by Crippen LogP contribution is -2.30. The van der Waals surface area contributed by atoms with Crippen molar-refractivity contribution in [3.05, 3.63) is 170 Å². The minimum Gasteiger partial charge on any atom is -0.462 e. The molecule has 6 heteroatoms. The Balaban J connectivity index is 4.27. The zero-order valence-corrected chi connectivity index (χ0v) is 51.3. The Morgan fingerprint density at radius 2 is 0.487 bits per heavy atom. The summed E-state index contributed by atoms with van der Waals surface area (Å²) in [5, 5.41) is 0. The molecule has 0 aromatic carbocycles. The number of unbranched alkanes of at least 4 members (excludes halogenated alkanes) is 17. The quantitative estimate of drug-likeness (QED) is 0.0261. The molecule has 448 valence electrons. The van der Waals surface area contributed by atoms with Crippen molar-refractivity contribution in [3.63, 3.8) is 0 Å². The van der Waals surface area contributed by atoms with Crippen LogP contribution in [0.4, 0.5) is 0 Å². The molecule has 0 heterocycles. The van der Waals surface area contributed by atoms with Gasteiger partial charge in [-0.1, -0.05) is 262 Å². The van der Waals surface area contributed by atoms with E-state index in [2.05, 4.69) is 191 Å². The van der Waals surface area contributed by atoms with Gasteiger partial charge in [0, 0.05) is 19.3 Å². The van der Waals surface area contributed by atoms with Gasteiger partial charge in [0.1, 0.15) is 13.2 Å². The second kappa shape index (κ2) is 66.3. The SMILES string of the molecule is CC/C=C\C/C=C\C/C=C\C/C=C\C/C=C\C/C=C\C/C=C\C/C=C\C/C=C\CCCCCCCCCC(=O)OCC(COC(=O)CCCCCCC/C=C\CCC)OC(=O)CCCCCC/C=C\C/C=C\C/C=C\C/C=C\CC. The van der Waals surface area contributed by atoms with Crippen molar-refractivity contribution in [2.75, 3.05) is 13.2 Å². The molecule has 0 saturated heterocycles. The lowest BCUT2D eigenvalue weighted by Gasteiger charge is -2.18. The molecule has 1 unspecified atom stereocenters. The van der Waals surface area contributed by atoms with Crippen molar-refractivity contribution in [2.45, 2.75) is 264 Å². The molecule has 6 nitrogen and oxygen atoms in total. The van der Waals surface area contributed by atoms with Gasteiger partial charge in [-0.25, -0.2) is 0 Å². The zero-order valence-electron chi connectivity index (χ0n) is 51.3. The first-order valence-electron chi connectivity index (χ1n) is 32.1. The van der Waals surface area contributed by atoms with E-state index in [9.17, 15) is 14.4 Å². The van der Waals surface area contributed by atoms with Crippen molar-refractivity contribution in [3.8, 4) is 0 Å². The maximum atomic E-state index is 12.9. The van der Waals surface area contributed by atoms with Crippen molar-refractivity contribution in [1.29, 1.82) is 0 Å². The van der Waals surface area contributed by atoms with Gasteiger partial charge >= 0.3 is 17.9 Å². The van der Waals surface area contributed by atoms with Crippen LogP contribution in [-0.2, 0) is 28.6 Å². The van der Waals surface area contributed by atoms with Crippen LogP contribution in [0.25, 0.3) is 0 Å². The number of carbonyl (C=O) groups excluding carboxylic acids is 3. The van der Waals surface area contributed by atoms with Crippen LogP contribution in [-0.4, -0.2) is 37.2 Å². The normalized spacial score (nSPS) is 13.3. The third-order valence-corrected chi connectivity index (χ3v) is 12.9. The summed E-state index contributed by atoms with van der Waals surface area (Å²) in [7, 11) is 0. The van der Waals surface area contributed by atoms with Crippen LogP contribution < -0.4 is 0 Å². The van der Waals surface area contributed by atoms with Gasteiger partial charge in [0.05, 0.1) is 0 Å². The summed E-state index contributed by atoms with van der Waals surface area (Å²) in [6.45, 7) is 6.30. The minimum absolute atomic E-state index is 0.102. The fourth-order valence-electron chi connectivity index (χ4n) is 8.19. The van der Waals surface area contributed by atoms with Crippen LogP contribution in [0.1, 0.15) is 258 Å². The molecule has 0 aliphatic carbocycles. The topological polar surface area (TPSA) is 78.9 Å². The van der Waals surface area contributed by atoms with Crippen molar-refractivity contribution < 1.29 is 28.6 Å². The zero-order chi connectivity index (χ0) is 57.8. The summed E-state index contributed by atoms with van der Waals surface area (Å²) >= 11 is 0. The van der Waals surface area contributed by atoms with Crippen LogP contribution in [0.3, 0.4) is 0 Å². The van der Waals surface area contributed by atoms with Gasteiger partial charge in [0.25, 0.3) is 0 Å². The van der Waals surface area contributed by atoms with E-state index in [0.717, 1.165) is 180 Å². The van der Waals surface area contributed by atoms with Crippen molar-refractivity contribution in [1.82, 2.24) is 0 Å². The highest BCUT2D eigenvalue weighted by molar-refractivity contribution is 5.71. The number of esters is 3. The van der Waals surface area contributed by atoms with E-state index < -0.39 is 6.10 Å². The Kier molecular flexibility index (Phi) is 61.9. The smallest absolute Gasteiger partial charge is 0.306 e. The molecule has 0 N–H and O–H groups in total. The van der Waals surface area contributed by atoms with Crippen molar-refractivity contribution >= 4 is 17.9 Å². The molecule has 0 aromatic rings. The molecule has 0 spiro atoms. The molecule has 0 aliphatic heterocycles. The highest BCUT2D eigenvalue weighted by Crippen LogP contribution is 2.14. The largest absolute Gasteiger partial charge is 0.462 e. The van der Waals surface area contributed by atoms with Crippen LogP contribution in [0, 0.1) is 0 Å². The summed E-state index contributed by atoms with van der Waals surface area (Å²) in [5.41, 5.74) is 0. The van der Waals surface area contributed by atoms with E-state index in [1.165, 1.54) is 38.5 Å². The maximum Gasteiger partial charge on any atom is 0.306 e. The predicted octanol–water partition coefficient (Wildman–Crippen LogP) is 22.3. The molecule has 0 fully saturated rings. The summed E-state index contributed by atoms with van der Waals surface area (Å²) in [6.07, 6.45) is 98.0. The molecular formula is C74H116O6. The average Bonchev–Trinajstić information content (AvgIpc) is 3.46. The number of carbonyl (C=O) groups is 3. The first-order chi connectivity index (χ1) is 39.5. The Bertz CT molecular complexity index is 1840. The van der Waals surface area contributed by atoms with Crippen LogP contribution in [0.15, 0.2) is 170 Å². The molecule has 0 radical (unpaired) electrons. The van der Waals surface area contributed by atoms with Gasteiger partial charge < -0.3 is 14.2 Å². The van der Waals surface area contributed by atoms with Crippen LogP contribution in [0.5, 0.6) is 0 Å². The molecule has 0 bridgehead atoms. The molecular weight excluding hydrogens is 985 g/mol. The Labute approximate surface area is 492 Å². The third-order valence-electron chi connectivity index (χ3n) is 12.9. The van der Waals surface area contributed by atoms with Crippen LogP contribution >= 0.6 is 0 Å². The van der Waals surface area contributed by atoms with Gasteiger partial charge in [-0.2, -0.15) is 0 Å². The predicted molar refractivity (Wildman–Crippen MR) is 348 cm³/mol. The monoisotopic (exact) mass is 1100 g/mol. The number of ether oxygens (including phenoxy) is 3. The summed E-state index contributed by atoms with van der Waals surface area (Å²) in [6, 6.07) is 0. The van der Waals surface area contributed by atoms with E-state index in [-0.39, 0.29) is 37.5 Å². The van der Waals surface area contributed by atoms with E-state index in [1.807, 2.05) is 0 Å². The second-order valence-electron chi connectivity index (χ2n) is 20.5. The molecule has 80 heavy (non-hydrogen) atoms. The second-order valence-corrected chi connectivity index (χ2v) is 20.5. The maximum absolute atomic E-state index is 12.9. The van der Waals surface area contributed by atoms with Gasteiger partial charge in [-0.3, -0.25) is 14.4 Å². The number of rotatable bonds is 56. The van der Waals surface area contributed by atoms with E-state index in [4.69, 9.17) is 14.2 Å². The van der Waals surface area contributed by atoms with Gasteiger partial charge in [-0.15, -0.1) is 0 Å². The molecule has 0 aliphatic rings. The first kappa shape index (κ1) is 74.8. The van der Waals surface area contributed by atoms with E-state index in [0.29, 0.717) is 12.8 Å². The molecule has 0 saturated carbocycles. The summed E-state index contributed by atoms with van der Waals surface area (Å²) < 4.78 is 16.8. The number of hydrogen-bond acceptors (Lipinski definition) is 6. The Morgan fingerprint density at radius 3 is 0.775 bits per heavy atom. The summed E-state index contributed by atoms with van der Waals surface area (Å²) in [5.74, 6) is -0.955. The average molecular weight is 1100 g/mol. The minimum atomic E-state index is -0.807. The lowest BCUT2D eigenvalue weighted by molar-refractivity contribution is -0.167. The Hall–Kier alpha value is -5.23. The number of allylic oxidation sites excluding steroid dienone is 28. The molecule has 0 amide bonds. The first-order valence-corrected chi connectivity index (χ1v) is 32.1. The van der Waals surface area contributed by atoms with E-state index in [1.54, 1.807) is 0 Å². The molecule has 0 aromatic heterocycles. The van der Waals surface area contributed by atoms with Crippen molar-refractivity contribution in [2.24, 2.45) is 0 Å². The van der Waals surface area contributed by atoms with E-state index >= 15 is 0 Å². The van der Waals surface area contributed by atoms with Crippen LogP contribution in [0.2, 0.25) is 0 Å².